The van der Waals surface area contributed by atoms with Crippen LogP contribution < -0.4 is 5.32 Å². The zero-order valence-electron chi connectivity index (χ0n) is 21.2. The number of rotatable bonds is 9. The molecule has 0 aliphatic heterocycles. The van der Waals surface area contributed by atoms with Crippen LogP contribution in [0.25, 0.3) is 22.5 Å². The van der Waals surface area contributed by atoms with Crippen LogP contribution in [0, 0.1) is 6.92 Å². The molecule has 1 amide bonds. The van der Waals surface area contributed by atoms with Crippen molar-refractivity contribution < 1.29 is 23.6 Å². The lowest BCUT2D eigenvalue weighted by Crippen LogP contribution is -2.17. The predicted molar refractivity (Wildman–Crippen MR) is 142 cm³/mol. The molecule has 0 aliphatic carbocycles. The number of aryl methyl sites for hydroxylation is 1. The average Bonchev–Trinajstić information content (AvgIpc) is 3.28. The summed E-state index contributed by atoms with van der Waals surface area (Å²) in [5.41, 5.74) is 5.84. The molecule has 0 saturated carbocycles. The number of nitrogens with zero attached hydrogens (tertiary/aromatic N) is 1. The maximum atomic E-state index is 12.5. The molecule has 1 unspecified atom stereocenters. The van der Waals surface area contributed by atoms with Gasteiger partial charge in [-0.2, -0.15) is 0 Å². The number of benzene rings is 3. The van der Waals surface area contributed by atoms with E-state index in [4.69, 9.17) is 14.0 Å². The summed E-state index contributed by atoms with van der Waals surface area (Å²) < 4.78 is 16.0. The van der Waals surface area contributed by atoms with Crippen molar-refractivity contribution in [2.75, 3.05) is 18.5 Å². The van der Waals surface area contributed by atoms with Crippen molar-refractivity contribution in [1.29, 1.82) is 0 Å². The maximum Gasteiger partial charge on any atom is 0.411 e. The fraction of sp³-hybridized carbons (Fsp3) is 0.233. The zero-order chi connectivity index (χ0) is 26.2. The van der Waals surface area contributed by atoms with E-state index in [0.717, 1.165) is 27.8 Å². The van der Waals surface area contributed by atoms with Crippen LogP contribution in [-0.4, -0.2) is 30.4 Å². The van der Waals surface area contributed by atoms with Gasteiger partial charge in [0.15, 0.2) is 5.76 Å². The second-order valence-corrected chi connectivity index (χ2v) is 8.76. The van der Waals surface area contributed by atoms with Gasteiger partial charge in [-0.05, 0) is 36.1 Å². The number of anilines is 1. The summed E-state index contributed by atoms with van der Waals surface area (Å²) in [6, 6.07) is 25.5. The Morgan fingerprint density at radius 3 is 2.16 bits per heavy atom. The minimum Gasteiger partial charge on any atom is -0.466 e. The van der Waals surface area contributed by atoms with Gasteiger partial charge < -0.3 is 14.0 Å². The molecule has 4 aromatic rings. The molecular weight excluding hydrogens is 468 g/mol. The van der Waals surface area contributed by atoms with Gasteiger partial charge >= 0.3 is 12.1 Å². The van der Waals surface area contributed by atoms with E-state index in [1.807, 2.05) is 85.8 Å². The number of amides is 1. The van der Waals surface area contributed by atoms with Crippen molar-refractivity contribution >= 4 is 17.7 Å². The first-order valence-corrected chi connectivity index (χ1v) is 12.2. The molecule has 37 heavy (non-hydrogen) atoms. The summed E-state index contributed by atoms with van der Waals surface area (Å²) in [4.78, 5) is 24.2. The summed E-state index contributed by atoms with van der Waals surface area (Å²) in [5, 5.41) is 6.82. The number of carbonyl (C=O) groups is 2. The molecule has 1 N–H and O–H groups in total. The van der Waals surface area contributed by atoms with Gasteiger partial charge in [-0.3, -0.25) is 10.1 Å². The third kappa shape index (κ3) is 6.64. The molecule has 1 aromatic heterocycles. The molecule has 7 nitrogen and oxygen atoms in total. The summed E-state index contributed by atoms with van der Waals surface area (Å²) in [6.45, 7) is 6.20. The number of carbonyl (C=O) groups excluding carboxylic acids is 2. The second-order valence-electron chi connectivity index (χ2n) is 8.76. The third-order valence-corrected chi connectivity index (χ3v) is 6.01. The standard InChI is InChI=1S/C30H30N2O5/c1-4-35-27(33)18-22-10-12-24(13-11-22)25-14-16-26(17-15-25)29-28(21(3)32-37-29)31-30(34)36-19-20(2)23-8-6-5-7-9-23/h5-17,20H,4,18-19H2,1-3H3,(H,31,34). The Morgan fingerprint density at radius 1 is 0.892 bits per heavy atom. The Labute approximate surface area is 216 Å². The highest BCUT2D eigenvalue weighted by molar-refractivity contribution is 5.91. The lowest BCUT2D eigenvalue weighted by Gasteiger charge is -2.13. The summed E-state index contributed by atoms with van der Waals surface area (Å²) in [6.07, 6.45) is -0.309. The number of ether oxygens (including phenoxy) is 2. The molecular formula is C30H30N2O5. The highest BCUT2D eigenvalue weighted by atomic mass is 16.5. The van der Waals surface area contributed by atoms with E-state index >= 15 is 0 Å². The van der Waals surface area contributed by atoms with Gasteiger partial charge in [0.05, 0.1) is 19.6 Å². The molecule has 0 radical (unpaired) electrons. The number of hydrogen-bond donors (Lipinski definition) is 1. The van der Waals surface area contributed by atoms with Crippen molar-refractivity contribution in [1.82, 2.24) is 5.16 Å². The first kappa shape index (κ1) is 25.7. The fourth-order valence-electron chi connectivity index (χ4n) is 3.94. The molecule has 0 saturated heterocycles. The van der Waals surface area contributed by atoms with Gasteiger partial charge in [0.25, 0.3) is 0 Å². The fourth-order valence-corrected chi connectivity index (χ4v) is 3.94. The molecule has 3 aromatic carbocycles. The molecule has 0 spiro atoms. The molecule has 7 heteroatoms. The van der Waals surface area contributed by atoms with E-state index < -0.39 is 6.09 Å². The van der Waals surface area contributed by atoms with Gasteiger partial charge in [0.1, 0.15) is 11.4 Å². The van der Waals surface area contributed by atoms with Gasteiger partial charge in [0.2, 0.25) is 0 Å². The van der Waals surface area contributed by atoms with Crippen LogP contribution in [0.5, 0.6) is 0 Å². The van der Waals surface area contributed by atoms with Gasteiger partial charge in [-0.25, -0.2) is 4.79 Å². The van der Waals surface area contributed by atoms with Crippen molar-refractivity contribution in [2.24, 2.45) is 0 Å². The summed E-state index contributed by atoms with van der Waals surface area (Å²) in [7, 11) is 0. The first-order valence-electron chi connectivity index (χ1n) is 12.2. The number of nitrogens with one attached hydrogen (secondary N) is 1. The minimum absolute atomic E-state index is 0.0711. The van der Waals surface area contributed by atoms with E-state index in [9.17, 15) is 9.59 Å². The maximum absolute atomic E-state index is 12.5. The Bertz CT molecular complexity index is 1330. The van der Waals surface area contributed by atoms with E-state index in [1.54, 1.807) is 13.8 Å². The topological polar surface area (TPSA) is 90.7 Å². The Balaban J connectivity index is 1.40. The molecule has 4 rings (SSSR count). The molecule has 190 valence electrons. The van der Waals surface area contributed by atoms with Crippen LogP contribution >= 0.6 is 0 Å². The first-order chi connectivity index (χ1) is 17.9. The van der Waals surface area contributed by atoms with Gasteiger partial charge in [0, 0.05) is 11.5 Å². The second kappa shape index (κ2) is 12.0. The average molecular weight is 499 g/mol. The van der Waals surface area contributed by atoms with Crippen LogP contribution in [0.3, 0.4) is 0 Å². The van der Waals surface area contributed by atoms with Crippen LogP contribution in [0.4, 0.5) is 10.5 Å². The quantitative estimate of drug-likeness (QED) is 0.256. The molecule has 0 fully saturated rings. The number of aromatic nitrogens is 1. The minimum atomic E-state index is -0.560. The Kier molecular flexibility index (Phi) is 8.36. The monoisotopic (exact) mass is 498 g/mol. The van der Waals surface area contributed by atoms with Crippen LogP contribution in [0.2, 0.25) is 0 Å². The zero-order valence-corrected chi connectivity index (χ0v) is 21.2. The van der Waals surface area contributed by atoms with E-state index in [1.165, 1.54) is 0 Å². The van der Waals surface area contributed by atoms with Crippen molar-refractivity contribution in [2.45, 2.75) is 33.1 Å². The van der Waals surface area contributed by atoms with Gasteiger partial charge in [-0.1, -0.05) is 90.9 Å². The van der Waals surface area contributed by atoms with Crippen LogP contribution in [0.1, 0.15) is 36.6 Å². The third-order valence-electron chi connectivity index (χ3n) is 6.01. The largest absolute Gasteiger partial charge is 0.466 e. The number of esters is 1. The van der Waals surface area contributed by atoms with Gasteiger partial charge in [-0.15, -0.1) is 0 Å². The van der Waals surface area contributed by atoms with E-state index in [-0.39, 0.29) is 24.9 Å². The summed E-state index contributed by atoms with van der Waals surface area (Å²) in [5.74, 6) is 0.296. The Morgan fingerprint density at radius 2 is 1.51 bits per heavy atom. The van der Waals surface area contributed by atoms with Crippen LogP contribution in [-0.2, 0) is 20.7 Å². The highest BCUT2D eigenvalue weighted by Crippen LogP contribution is 2.32. The predicted octanol–water partition coefficient (Wildman–Crippen LogP) is 6.77. The van der Waals surface area contributed by atoms with Crippen molar-refractivity contribution in [3.8, 4) is 22.5 Å². The smallest absolute Gasteiger partial charge is 0.411 e. The molecule has 0 bridgehead atoms. The number of hydrogen-bond acceptors (Lipinski definition) is 6. The van der Waals surface area contributed by atoms with Crippen molar-refractivity contribution in [3.05, 3.63) is 95.7 Å². The van der Waals surface area contributed by atoms with Crippen LogP contribution in [0.15, 0.2) is 83.4 Å². The van der Waals surface area contributed by atoms with Crippen molar-refractivity contribution in [3.63, 3.8) is 0 Å². The lowest BCUT2D eigenvalue weighted by atomic mass is 10.0. The van der Waals surface area contributed by atoms with E-state index in [0.29, 0.717) is 23.7 Å². The summed E-state index contributed by atoms with van der Waals surface area (Å²) >= 11 is 0. The molecule has 1 heterocycles. The Hall–Kier alpha value is -4.39. The molecule has 1 atom stereocenters. The van der Waals surface area contributed by atoms with E-state index in [2.05, 4.69) is 10.5 Å². The lowest BCUT2D eigenvalue weighted by molar-refractivity contribution is -0.142. The normalized spacial score (nSPS) is 11.5. The highest BCUT2D eigenvalue weighted by Gasteiger charge is 2.19. The SMILES string of the molecule is CCOC(=O)Cc1ccc(-c2ccc(-c3onc(C)c3NC(=O)OCC(C)c3ccccc3)cc2)cc1. The molecule has 0 aliphatic rings.